The fraction of sp³-hybridized carbons (Fsp3) is 0.154. The number of carbonyl (C=O) groups is 2. The molecule has 2 aliphatic rings. The van der Waals surface area contributed by atoms with Crippen LogP contribution in [0.15, 0.2) is 23.1 Å². The highest BCUT2D eigenvalue weighted by molar-refractivity contribution is 8.26. The van der Waals surface area contributed by atoms with Gasteiger partial charge in [-0.2, -0.15) is 0 Å². The van der Waals surface area contributed by atoms with Crippen LogP contribution in [0.4, 0.5) is 11.4 Å². The Balaban J connectivity index is 1.95. The zero-order valence-corrected chi connectivity index (χ0v) is 12.2. The number of likely N-dealkylation sites (N-methyl/N-ethyl adjacent to an activating group) is 1. The molecule has 102 valence electrons. The largest absolute Gasteiger partial charge is 0.364 e. The number of thiocarbonyl (C=S) groups is 1. The summed E-state index contributed by atoms with van der Waals surface area (Å²) >= 11 is 6.19. The van der Waals surface area contributed by atoms with Gasteiger partial charge in [0, 0.05) is 7.05 Å². The topological polar surface area (TPSA) is 61.4 Å². The van der Waals surface area contributed by atoms with E-state index in [2.05, 4.69) is 10.6 Å². The molecule has 0 spiro atoms. The number of anilines is 2. The second-order valence-electron chi connectivity index (χ2n) is 4.53. The minimum Gasteiger partial charge on any atom is -0.364 e. The minimum atomic E-state index is -0.182. The number of nitrogens with zero attached hydrogens (tertiary/aromatic N) is 1. The molecule has 0 unspecified atom stereocenters. The highest BCUT2D eigenvalue weighted by Gasteiger charge is 2.23. The summed E-state index contributed by atoms with van der Waals surface area (Å²) in [7, 11) is 1.87. The van der Waals surface area contributed by atoms with Crippen molar-refractivity contribution in [2.75, 3.05) is 23.8 Å². The van der Waals surface area contributed by atoms with E-state index in [1.54, 1.807) is 6.08 Å². The normalized spacial score (nSPS) is 19.9. The van der Waals surface area contributed by atoms with Gasteiger partial charge in [0.05, 0.1) is 22.8 Å². The smallest absolute Gasteiger partial charge is 0.263 e. The summed E-state index contributed by atoms with van der Waals surface area (Å²) in [5.41, 5.74) is 2.57. The van der Waals surface area contributed by atoms with Crippen LogP contribution in [0.2, 0.25) is 0 Å². The Morgan fingerprint density at radius 2 is 2.15 bits per heavy atom. The van der Waals surface area contributed by atoms with Crippen LogP contribution in [0, 0.1) is 0 Å². The van der Waals surface area contributed by atoms with Crippen LogP contribution >= 0.6 is 24.0 Å². The maximum atomic E-state index is 11.6. The van der Waals surface area contributed by atoms with Crippen LogP contribution in [-0.4, -0.2) is 29.7 Å². The van der Waals surface area contributed by atoms with Gasteiger partial charge in [-0.05, 0) is 23.8 Å². The van der Waals surface area contributed by atoms with E-state index in [4.69, 9.17) is 12.2 Å². The summed E-state index contributed by atoms with van der Waals surface area (Å²) in [4.78, 5) is 25.6. The van der Waals surface area contributed by atoms with Crippen molar-refractivity contribution in [3.63, 3.8) is 0 Å². The third-order valence-corrected chi connectivity index (χ3v) is 4.19. The van der Waals surface area contributed by atoms with Crippen LogP contribution in [0.5, 0.6) is 0 Å². The van der Waals surface area contributed by atoms with Crippen LogP contribution in [0.3, 0.4) is 0 Å². The summed E-state index contributed by atoms with van der Waals surface area (Å²) in [6.45, 7) is 0.347. The molecule has 1 aromatic carbocycles. The van der Waals surface area contributed by atoms with E-state index in [-0.39, 0.29) is 11.8 Å². The van der Waals surface area contributed by atoms with E-state index in [1.165, 1.54) is 11.8 Å². The first-order valence-electron chi connectivity index (χ1n) is 5.93. The number of fused-ring (bicyclic) bond motifs is 1. The second kappa shape index (κ2) is 4.92. The van der Waals surface area contributed by atoms with Gasteiger partial charge >= 0.3 is 0 Å². The van der Waals surface area contributed by atoms with Crippen LogP contribution in [0.1, 0.15) is 5.56 Å². The van der Waals surface area contributed by atoms with Crippen molar-refractivity contribution in [1.82, 2.24) is 5.32 Å². The van der Waals surface area contributed by atoms with Gasteiger partial charge in [0.25, 0.3) is 5.91 Å². The van der Waals surface area contributed by atoms with Gasteiger partial charge in [0.1, 0.15) is 4.32 Å². The Hall–Kier alpha value is -1.86. The number of amides is 2. The fourth-order valence-corrected chi connectivity index (χ4v) is 3.18. The molecule has 2 N–H and O–H groups in total. The molecule has 0 radical (unpaired) electrons. The Morgan fingerprint density at radius 1 is 1.35 bits per heavy atom. The molecule has 1 aromatic rings. The molecule has 3 rings (SSSR count). The maximum absolute atomic E-state index is 11.6. The monoisotopic (exact) mass is 305 g/mol. The van der Waals surface area contributed by atoms with E-state index >= 15 is 0 Å². The summed E-state index contributed by atoms with van der Waals surface area (Å²) in [6.07, 6.45) is 1.76. The summed E-state index contributed by atoms with van der Waals surface area (Å²) in [5, 5.41) is 5.41. The summed E-state index contributed by atoms with van der Waals surface area (Å²) < 4.78 is 0.465. The van der Waals surface area contributed by atoms with Crippen molar-refractivity contribution in [2.45, 2.75) is 0 Å². The molecule has 2 amide bonds. The quantitative estimate of drug-likeness (QED) is 0.609. The molecule has 1 fully saturated rings. The van der Waals surface area contributed by atoms with Gasteiger partial charge in [-0.1, -0.05) is 30.0 Å². The third kappa shape index (κ3) is 2.41. The first-order valence-corrected chi connectivity index (χ1v) is 7.15. The Morgan fingerprint density at radius 3 is 2.85 bits per heavy atom. The summed E-state index contributed by atoms with van der Waals surface area (Å²) in [6, 6.07) is 5.69. The van der Waals surface area contributed by atoms with E-state index in [9.17, 15) is 9.59 Å². The first-order chi connectivity index (χ1) is 9.52. The standard InChI is InChI=1S/C13H11N3O2S2/c1-16-6-11(17)14-8-4-7(2-3-9(8)16)5-10-12(18)15-13(19)20-10/h2-5H,6H2,1H3,(H,14,17)(H,15,18,19)/b10-5+. The molecule has 2 heterocycles. The number of nitrogens with one attached hydrogen (secondary N) is 2. The first kappa shape index (κ1) is 13.1. The van der Waals surface area contributed by atoms with Crippen LogP contribution in [-0.2, 0) is 9.59 Å². The number of benzene rings is 1. The lowest BCUT2D eigenvalue weighted by Crippen LogP contribution is -2.35. The zero-order valence-electron chi connectivity index (χ0n) is 10.6. The fourth-order valence-electron chi connectivity index (χ4n) is 2.14. The predicted octanol–water partition coefficient (Wildman–Crippen LogP) is 1.56. The highest BCUT2D eigenvalue weighted by Crippen LogP contribution is 2.32. The Bertz CT molecular complexity index is 670. The van der Waals surface area contributed by atoms with Crippen molar-refractivity contribution in [3.8, 4) is 0 Å². The zero-order chi connectivity index (χ0) is 14.3. The molecule has 0 saturated carbocycles. The molecule has 5 nitrogen and oxygen atoms in total. The average molecular weight is 305 g/mol. The predicted molar refractivity (Wildman–Crippen MR) is 84.7 cm³/mol. The Labute approximate surface area is 125 Å². The molecule has 0 aromatic heterocycles. The van der Waals surface area contributed by atoms with Gasteiger partial charge in [-0.15, -0.1) is 0 Å². The van der Waals surface area contributed by atoms with Crippen molar-refractivity contribution in [1.29, 1.82) is 0 Å². The maximum Gasteiger partial charge on any atom is 0.263 e. The Kier molecular flexibility index (Phi) is 3.23. The van der Waals surface area contributed by atoms with Crippen molar-refractivity contribution in [3.05, 3.63) is 28.7 Å². The van der Waals surface area contributed by atoms with E-state index in [0.29, 0.717) is 15.8 Å². The molecular weight excluding hydrogens is 294 g/mol. The van der Waals surface area contributed by atoms with Crippen LogP contribution < -0.4 is 15.5 Å². The molecule has 1 saturated heterocycles. The molecule has 20 heavy (non-hydrogen) atoms. The van der Waals surface area contributed by atoms with E-state index < -0.39 is 0 Å². The van der Waals surface area contributed by atoms with E-state index in [0.717, 1.165) is 16.9 Å². The van der Waals surface area contributed by atoms with Crippen molar-refractivity contribution in [2.24, 2.45) is 0 Å². The summed E-state index contributed by atoms with van der Waals surface area (Å²) in [5.74, 6) is -0.224. The number of rotatable bonds is 1. The van der Waals surface area contributed by atoms with E-state index in [1.807, 2.05) is 30.1 Å². The highest BCUT2D eigenvalue weighted by atomic mass is 32.2. The molecule has 7 heteroatoms. The average Bonchev–Trinajstić information content (AvgIpc) is 2.67. The lowest BCUT2D eigenvalue weighted by molar-refractivity contribution is -0.115. The number of carbonyl (C=O) groups excluding carboxylic acids is 2. The SMILES string of the molecule is CN1CC(=O)Nc2cc(/C=C3/SC(=S)NC3=O)ccc21. The lowest BCUT2D eigenvalue weighted by atomic mass is 10.1. The third-order valence-electron chi connectivity index (χ3n) is 3.03. The van der Waals surface area contributed by atoms with Gasteiger partial charge in [0.2, 0.25) is 5.91 Å². The van der Waals surface area contributed by atoms with Crippen molar-refractivity contribution < 1.29 is 9.59 Å². The van der Waals surface area contributed by atoms with Gasteiger partial charge in [-0.25, -0.2) is 0 Å². The number of hydrogen-bond donors (Lipinski definition) is 2. The van der Waals surface area contributed by atoms with Gasteiger partial charge < -0.3 is 15.5 Å². The van der Waals surface area contributed by atoms with Gasteiger partial charge in [-0.3, -0.25) is 9.59 Å². The number of hydrogen-bond acceptors (Lipinski definition) is 5. The minimum absolute atomic E-state index is 0.0426. The van der Waals surface area contributed by atoms with Crippen molar-refractivity contribution >= 4 is 57.6 Å². The number of thioether (sulfide) groups is 1. The lowest BCUT2D eigenvalue weighted by Gasteiger charge is -2.27. The molecular formula is C13H11N3O2S2. The van der Waals surface area contributed by atoms with Crippen LogP contribution in [0.25, 0.3) is 6.08 Å². The second-order valence-corrected chi connectivity index (χ2v) is 6.25. The molecule has 0 bridgehead atoms. The van der Waals surface area contributed by atoms with Gasteiger partial charge in [0.15, 0.2) is 0 Å². The molecule has 2 aliphatic heterocycles. The molecule has 0 aliphatic carbocycles. The molecule has 0 atom stereocenters.